The minimum Gasteiger partial charge on any atom is -0.436 e. The van der Waals surface area contributed by atoms with Crippen LogP contribution in [0.4, 0.5) is 5.69 Å². The van der Waals surface area contributed by atoms with E-state index in [-0.39, 0.29) is 11.0 Å². The number of oxazole rings is 1. The van der Waals surface area contributed by atoms with E-state index in [1.165, 1.54) is 0 Å². The Labute approximate surface area is 210 Å². The Kier molecular flexibility index (Phi) is 5.96. The summed E-state index contributed by atoms with van der Waals surface area (Å²) >= 11 is 17.8. The van der Waals surface area contributed by atoms with Gasteiger partial charge in [0, 0.05) is 32.2 Å². The van der Waals surface area contributed by atoms with Crippen LogP contribution in [-0.4, -0.2) is 16.0 Å². The van der Waals surface area contributed by atoms with Gasteiger partial charge in [0.1, 0.15) is 5.52 Å². The molecule has 0 unspecified atom stereocenters. The average Bonchev–Trinajstić information content (AvgIpc) is 3.24. The molecule has 0 saturated carbocycles. The van der Waals surface area contributed by atoms with Crippen molar-refractivity contribution in [3.05, 3.63) is 94.0 Å². The molecule has 0 aliphatic carbocycles. The molecule has 168 valence electrons. The third kappa shape index (κ3) is 4.35. The SMILES string of the molecule is Cc1ccc(C(=O)NC(=S)Nc2ccc3oc(-c4cccc5c(Cl)cccc45)nc3c2)cc1Cl. The number of nitrogens with zero attached hydrogens (tertiary/aromatic N) is 1. The van der Waals surface area contributed by atoms with Gasteiger partial charge in [-0.15, -0.1) is 0 Å². The first-order chi connectivity index (χ1) is 16.4. The van der Waals surface area contributed by atoms with Gasteiger partial charge in [-0.25, -0.2) is 4.98 Å². The molecule has 0 bridgehead atoms. The third-order valence-corrected chi connectivity index (χ3v) is 6.35. The number of hydrogen-bond donors (Lipinski definition) is 2. The summed E-state index contributed by atoms with van der Waals surface area (Å²) in [5.74, 6) is 0.144. The molecule has 2 N–H and O–H groups in total. The van der Waals surface area contributed by atoms with Gasteiger partial charge in [-0.05, 0) is 72.6 Å². The summed E-state index contributed by atoms with van der Waals surface area (Å²) in [6.07, 6.45) is 0. The summed E-state index contributed by atoms with van der Waals surface area (Å²) < 4.78 is 6.01. The number of aromatic nitrogens is 1. The molecule has 1 heterocycles. The smallest absolute Gasteiger partial charge is 0.257 e. The van der Waals surface area contributed by atoms with Crippen molar-refractivity contribution in [3.63, 3.8) is 0 Å². The van der Waals surface area contributed by atoms with Crippen LogP contribution < -0.4 is 10.6 Å². The molecular formula is C26H17Cl2N3O2S. The lowest BCUT2D eigenvalue weighted by molar-refractivity contribution is 0.0977. The monoisotopic (exact) mass is 505 g/mol. The number of nitrogens with one attached hydrogen (secondary N) is 2. The minimum absolute atomic E-state index is 0.161. The van der Waals surface area contributed by atoms with Crippen molar-refractivity contribution in [3.8, 4) is 11.5 Å². The van der Waals surface area contributed by atoms with Crippen LogP contribution in [0, 0.1) is 6.92 Å². The quantitative estimate of drug-likeness (QED) is 0.250. The standard InChI is InChI=1S/C26H17Cl2N3O2S/c1-14-8-9-15(12-21(14)28)24(32)31-26(34)29-16-10-11-23-22(13-16)30-25(33-23)19-6-2-5-18-17(19)4-3-7-20(18)27/h2-13H,1H3,(H2,29,31,32,34). The Morgan fingerprint density at radius 1 is 0.941 bits per heavy atom. The Morgan fingerprint density at radius 3 is 2.56 bits per heavy atom. The molecule has 0 atom stereocenters. The first kappa shape index (κ1) is 22.3. The van der Waals surface area contributed by atoms with Crippen molar-refractivity contribution in [2.75, 3.05) is 5.32 Å². The van der Waals surface area contributed by atoms with Crippen molar-refractivity contribution in [1.29, 1.82) is 0 Å². The van der Waals surface area contributed by atoms with Crippen LogP contribution in [0.25, 0.3) is 33.3 Å². The topological polar surface area (TPSA) is 67.2 Å². The molecule has 0 aliphatic heterocycles. The van der Waals surface area contributed by atoms with Crippen LogP contribution in [0.3, 0.4) is 0 Å². The van der Waals surface area contributed by atoms with Crippen LogP contribution in [-0.2, 0) is 0 Å². The Morgan fingerprint density at radius 2 is 1.74 bits per heavy atom. The third-order valence-electron chi connectivity index (χ3n) is 5.41. The van der Waals surface area contributed by atoms with Crippen LogP contribution in [0.15, 0.2) is 77.2 Å². The molecule has 8 heteroatoms. The molecule has 0 fully saturated rings. The van der Waals surface area contributed by atoms with Gasteiger partial charge in [-0.2, -0.15) is 0 Å². The summed E-state index contributed by atoms with van der Waals surface area (Å²) in [5, 5.41) is 8.92. The number of thiocarbonyl (C=S) groups is 1. The molecule has 0 spiro atoms. The summed E-state index contributed by atoms with van der Waals surface area (Å²) in [6, 6.07) is 22.1. The van der Waals surface area contributed by atoms with Crippen molar-refractivity contribution >= 4 is 74.0 Å². The van der Waals surface area contributed by atoms with E-state index in [0.29, 0.717) is 38.3 Å². The van der Waals surface area contributed by atoms with Gasteiger partial charge in [0.05, 0.1) is 0 Å². The summed E-state index contributed by atoms with van der Waals surface area (Å²) in [6.45, 7) is 1.87. The lowest BCUT2D eigenvalue weighted by atomic mass is 10.0. The second kappa shape index (κ2) is 9.06. The molecular weight excluding hydrogens is 489 g/mol. The average molecular weight is 506 g/mol. The van der Waals surface area contributed by atoms with E-state index in [1.54, 1.807) is 30.3 Å². The highest BCUT2D eigenvalue weighted by atomic mass is 35.5. The molecule has 5 rings (SSSR count). The lowest BCUT2D eigenvalue weighted by Crippen LogP contribution is -2.34. The first-order valence-electron chi connectivity index (χ1n) is 10.4. The van der Waals surface area contributed by atoms with Gasteiger partial charge in [0.15, 0.2) is 10.7 Å². The van der Waals surface area contributed by atoms with Crippen molar-refractivity contribution in [1.82, 2.24) is 10.3 Å². The van der Waals surface area contributed by atoms with E-state index >= 15 is 0 Å². The zero-order valence-corrected chi connectivity index (χ0v) is 20.2. The molecule has 34 heavy (non-hydrogen) atoms. The predicted octanol–water partition coefficient (Wildman–Crippen LogP) is 7.39. The second-order valence-electron chi connectivity index (χ2n) is 7.71. The number of halogens is 2. The van der Waals surface area contributed by atoms with Crippen LogP contribution in [0.2, 0.25) is 10.0 Å². The maximum Gasteiger partial charge on any atom is 0.257 e. The van der Waals surface area contributed by atoms with Gasteiger partial charge in [-0.1, -0.05) is 53.5 Å². The summed E-state index contributed by atoms with van der Waals surface area (Å²) in [5.41, 5.74) is 4.12. The molecule has 0 saturated heterocycles. The first-order valence-corrected chi connectivity index (χ1v) is 11.5. The summed E-state index contributed by atoms with van der Waals surface area (Å²) in [4.78, 5) is 17.1. The highest BCUT2D eigenvalue weighted by Crippen LogP contribution is 2.34. The van der Waals surface area contributed by atoms with Crippen molar-refractivity contribution in [2.45, 2.75) is 6.92 Å². The maximum absolute atomic E-state index is 12.5. The van der Waals surface area contributed by atoms with Gasteiger partial charge >= 0.3 is 0 Å². The van der Waals surface area contributed by atoms with E-state index in [4.69, 9.17) is 39.8 Å². The van der Waals surface area contributed by atoms with E-state index in [9.17, 15) is 4.79 Å². The zero-order valence-electron chi connectivity index (χ0n) is 17.9. The fourth-order valence-corrected chi connectivity index (χ4v) is 4.28. The number of rotatable bonds is 3. The Hall–Kier alpha value is -3.45. The molecule has 1 amide bonds. The molecule has 5 nitrogen and oxygen atoms in total. The second-order valence-corrected chi connectivity index (χ2v) is 8.94. The van der Waals surface area contributed by atoms with E-state index in [1.807, 2.05) is 49.4 Å². The number of aryl methyl sites for hydroxylation is 1. The fourth-order valence-electron chi connectivity index (χ4n) is 3.65. The Bertz CT molecular complexity index is 1600. The van der Waals surface area contributed by atoms with Gasteiger partial charge in [-0.3, -0.25) is 10.1 Å². The van der Waals surface area contributed by atoms with Crippen LogP contribution in [0.5, 0.6) is 0 Å². The highest BCUT2D eigenvalue weighted by molar-refractivity contribution is 7.80. The summed E-state index contributed by atoms with van der Waals surface area (Å²) in [7, 11) is 0. The molecule has 0 radical (unpaired) electrons. The van der Waals surface area contributed by atoms with Gasteiger partial charge < -0.3 is 9.73 Å². The van der Waals surface area contributed by atoms with E-state index in [0.717, 1.165) is 21.9 Å². The Balaban J connectivity index is 1.37. The molecule has 5 aromatic rings. The largest absolute Gasteiger partial charge is 0.436 e. The number of carbonyl (C=O) groups excluding carboxylic acids is 1. The zero-order chi connectivity index (χ0) is 23.8. The van der Waals surface area contributed by atoms with Crippen molar-refractivity contribution in [2.24, 2.45) is 0 Å². The fraction of sp³-hybridized carbons (Fsp3) is 0.0385. The predicted molar refractivity (Wildman–Crippen MR) is 142 cm³/mol. The van der Waals surface area contributed by atoms with Crippen LogP contribution in [0.1, 0.15) is 15.9 Å². The number of carbonyl (C=O) groups is 1. The molecule has 1 aromatic heterocycles. The maximum atomic E-state index is 12.5. The lowest BCUT2D eigenvalue weighted by Gasteiger charge is -2.10. The highest BCUT2D eigenvalue weighted by Gasteiger charge is 2.14. The number of fused-ring (bicyclic) bond motifs is 2. The van der Waals surface area contributed by atoms with E-state index in [2.05, 4.69) is 15.6 Å². The van der Waals surface area contributed by atoms with Gasteiger partial charge in [0.25, 0.3) is 5.91 Å². The molecule has 4 aromatic carbocycles. The van der Waals surface area contributed by atoms with E-state index < -0.39 is 0 Å². The normalized spacial score (nSPS) is 11.0. The number of benzene rings is 4. The number of amides is 1. The van der Waals surface area contributed by atoms with Crippen LogP contribution >= 0.6 is 35.4 Å². The van der Waals surface area contributed by atoms with Crippen molar-refractivity contribution < 1.29 is 9.21 Å². The molecule has 0 aliphatic rings. The van der Waals surface area contributed by atoms with Gasteiger partial charge in [0.2, 0.25) is 5.89 Å². The minimum atomic E-state index is -0.348. The number of hydrogen-bond acceptors (Lipinski definition) is 4. The number of anilines is 1.